The second-order valence-electron chi connectivity index (χ2n) is 4.69. The molecule has 1 heterocycles. The Labute approximate surface area is 127 Å². The molecule has 112 valence electrons. The Morgan fingerprint density at radius 1 is 1.43 bits per heavy atom. The summed E-state index contributed by atoms with van der Waals surface area (Å²) in [6.45, 7) is 0.431. The summed E-state index contributed by atoms with van der Waals surface area (Å²) in [5.41, 5.74) is 0.989. The number of likely N-dealkylation sites (N-methyl/N-ethyl adjacent to an activating group) is 1. The van der Waals surface area contributed by atoms with E-state index in [4.69, 9.17) is 4.74 Å². The van der Waals surface area contributed by atoms with Crippen LogP contribution in [0.15, 0.2) is 36.5 Å². The number of amides is 1. The van der Waals surface area contributed by atoms with Gasteiger partial charge in [-0.3, -0.25) is 4.79 Å². The van der Waals surface area contributed by atoms with E-state index in [2.05, 4.69) is 4.98 Å². The van der Waals surface area contributed by atoms with Crippen molar-refractivity contribution in [3.63, 3.8) is 0 Å². The monoisotopic (exact) mass is 306 g/mol. The molecule has 0 saturated heterocycles. The van der Waals surface area contributed by atoms with E-state index in [1.807, 2.05) is 30.3 Å². The molecule has 0 fully saturated rings. The van der Waals surface area contributed by atoms with Gasteiger partial charge in [0, 0.05) is 26.3 Å². The summed E-state index contributed by atoms with van der Waals surface area (Å²) in [6, 6.07) is 9.73. The molecule has 0 saturated carbocycles. The molecule has 1 atom stereocenters. The molecule has 6 heteroatoms. The summed E-state index contributed by atoms with van der Waals surface area (Å²) in [5.74, 6) is -0.148. The zero-order valence-corrected chi connectivity index (χ0v) is 12.8. The van der Waals surface area contributed by atoms with Crippen LogP contribution in [-0.4, -0.2) is 54.3 Å². The van der Waals surface area contributed by atoms with E-state index in [9.17, 15) is 9.90 Å². The van der Waals surface area contributed by atoms with Crippen LogP contribution in [-0.2, 0) is 4.74 Å². The van der Waals surface area contributed by atoms with Crippen LogP contribution in [0.2, 0.25) is 0 Å². The van der Waals surface area contributed by atoms with Gasteiger partial charge in [-0.15, -0.1) is 11.3 Å². The Kier molecular flexibility index (Phi) is 5.44. The van der Waals surface area contributed by atoms with Gasteiger partial charge in [-0.05, 0) is 0 Å². The van der Waals surface area contributed by atoms with E-state index in [1.165, 1.54) is 23.3 Å². The van der Waals surface area contributed by atoms with Crippen LogP contribution < -0.4 is 0 Å². The summed E-state index contributed by atoms with van der Waals surface area (Å²) in [6.07, 6.45) is 0.889. The van der Waals surface area contributed by atoms with Crippen molar-refractivity contribution in [2.75, 3.05) is 27.3 Å². The van der Waals surface area contributed by atoms with Gasteiger partial charge in [0.2, 0.25) is 0 Å². The number of carbonyl (C=O) groups is 1. The lowest BCUT2D eigenvalue weighted by Crippen LogP contribution is -2.35. The third-order valence-corrected chi connectivity index (χ3v) is 3.96. The number of ether oxygens (including phenoxy) is 1. The molecule has 2 aromatic rings. The number of aliphatic hydroxyl groups is 1. The average molecular weight is 306 g/mol. The summed E-state index contributed by atoms with van der Waals surface area (Å²) in [5, 5.41) is 10.5. The van der Waals surface area contributed by atoms with Gasteiger partial charge in [0.15, 0.2) is 0 Å². The lowest BCUT2D eigenvalue weighted by atomic mass is 10.2. The molecule has 0 bridgehead atoms. The fourth-order valence-corrected chi connectivity index (χ4v) is 2.84. The van der Waals surface area contributed by atoms with Crippen molar-refractivity contribution in [2.45, 2.75) is 6.10 Å². The van der Waals surface area contributed by atoms with Crippen molar-refractivity contribution < 1.29 is 14.6 Å². The SMILES string of the molecule is COCC(O)CN(C)C(=O)c1cnc(-c2ccccc2)s1. The Hall–Kier alpha value is -1.76. The van der Waals surface area contributed by atoms with Crippen molar-refractivity contribution in [2.24, 2.45) is 0 Å². The zero-order chi connectivity index (χ0) is 15.2. The van der Waals surface area contributed by atoms with Crippen molar-refractivity contribution in [3.05, 3.63) is 41.4 Å². The van der Waals surface area contributed by atoms with E-state index in [0.29, 0.717) is 4.88 Å². The van der Waals surface area contributed by atoms with Gasteiger partial charge in [-0.25, -0.2) is 4.98 Å². The molecule has 1 aromatic heterocycles. The maximum atomic E-state index is 12.3. The predicted molar refractivity (Wildman–Crippen MR) is 82.4 cm³/mol. The van der Waals surface area contributed by atoms with Gasteiger partial charge in [0.05, 0.1) is 18.9 Å². The number of thiazole rings is 1. The van der Waals surface area contributed by atoms with Gasteiger partial charge in [0.1, 0.15) is 9.88 Å². The first-order valence-electron chi connectivity index (χ1n) is 6.55. The molecule has 1 N–H and O–H groups in total. The van der Waals surface area contributed by atoms with Gasteiger partial charge < -0.3 is 14.7 Å². The number of benzene rings is 1. The summed E-state index contributed by atoms with van der Waals surface area (Å²) in [4.78, 5) is 18.6. The maximum absolute atomic E-state index is 12.3. The first-order chi connectivity index (χ1) is 10.1. The maximum Gasteiger partial charge on any atom is 0.265 e. The van der Waals surface area contributed by atoms with E-state index in [0.717, 1.165) is 10.6 Å². The summed E-state index contributed by atoms with van der Waals surface area (Å²) < 4.78 is 4.85. The fraction of sp³-hybridized carbons (Fsp3) is 0.333. The third kappa shape index (κ3) is 4.10. The molecule has 0 aliphatic carbocycles. The molecule has 5 nitrogen and oxygen atoms in total. The molecule has 0 spiro atoms. The largest absolute Gasteiger partial charge is 0.389 e. The third-order valence-electron chi connectivity index (χ3n) is 2.93. The Morgan fingerprint density at radius 2 is 2.14 bits per heavy atom. The standard InChI is InChI=1S/C15H18N2O3S/c1-17(9-12(18)10-20-2)15(19)13-8-16-14(21-13)11-6-4-3-5-7-11/h3-8,12,18H,9-10H2,1-2H3. The topological polar surface area (TPSA) is 62.7 Å². The first-order valence-corrected chi connectivity index (χ1v) is 7.37. The van der Waals surface area contributed by atoms with Crippen LogP contribution in [0.25, 0.3) is 10.6 Å². The highest BCUT2D eigenvalue weighted by Gasteiger charge is 2.18. The highest BCUT2D eigenvalue weighted by molar-refractivity contribution is 7.16. The molecule has 2 rings (SSSR count). The Morgan fingerprint density at radius 3 is 2.81 bits per heavy atom. The van der Waals surface area contributed by atoms with E-state index < -0.39 is 6.10 Å². The minimum absolute atomic E-state index is 0.148. The second kappa shape index (κ2) is 7.31. The van der Waals surface area contributed by atoms with Crippen LogP contribution in [0.1, 0.15) is 9.67 Å². The number of aromatic nitrogens is 1. The molecule has 1 aromatic carbocycles. The lowest BCUT2D eigenvalue weighted by molar-refractivity contribution is 0.0382. The van der Waals surface area contributed by atoms with Crippen LogP contribution in [0.5, 0.6) is 0 Å². The molecule has 21 heavy (non-hydrogen) atoms. The van der Waals surface area contributed by atoms with Crippen molar-refractivity contribution in [1.82, 2.24) is 9.88 Å². The van der Waals surface area contributed by atoms with Gasteiger partial charge in [-0.1, -0.05) is 30.3 Å². The van der Waals surface area contributed by atoms with Gasteiger partial charge in [0.25, 0.3) is 5.91 Å². The number of hydrogen-bond donors (Lipinski definition) is 1. The normalized spacial score (nSPS) is 12.1. The highest BCUT2D eigenvalue weighted by Crippen LogP contribution is 2.25. The summed E-state index contributed by atoms with van der Waals surface area (Å²) in [7, 11) is 3.17. The van der Waals surface area contributed by atoms with Crippen LogP contribution >= 0.6 is 11.3 Å². The minimum atomic E-state index is -0.689. The first kappa shape index (κ1) is 15.6. The van der Waals surface area contributed by atoms with E-state index >= 15 is 0 Å². The Balaban J connectivity index is 2.05. The van der Waals surface area contributed by atoms with Crippen LogP contribution in [0.3, 0.4) is 0 Å². The quantitative estimate of drug-likeness (QED) is 0.885. The molecule has 0 radical (unpaired) electrons. The van der Waals surface area contributed by atoms with Crippen molar-refractivity contribution in [3.8, 4) is 10.6 Å². The molecule has 1 unspecified atom stereocenters. The lowest BCUT2D eigenvalue weighted by Gasteiger charge is -2.19. The molecule has 0 aliphatic heterocycles. The van der Waals surface area contributed by atoms with Crippen LogP contribution in [0.4, 0.5) is 0 Å². The van der Waals surface area contributed by atoms with Crippen LogP contribution in [0, 0.1) is 0 Å². The zero-order valence-electron chi connectivity index (χ0n) is 12.0. The molecule has 0 aliphatic rings. The molecular weight excluding hydrogens is 288 g/mol. The van der Waals surface area contributed by atoms with E-state index in [1.54, 1.807) is 13.2 Å². The average Bonchev–Trinajstić information content (AvgIpc) is 2.97. The predicted octanol–water partition coefficient (Wildman–Crippen LogP) is 1.89. The fourth-order valence-electron chi connectivity index (χ4n) is 1.92. The van der Waals surface area contributed by atoms with Crippen molar-refractivity contribution in [1.29, 1.82) is 0 Å². The number of rotatable bonds is 6. The number of nitrogens with zero attached hydrogens (tertiary/aromatic N) is 2. The van der Waals surface area contributed by atoms with Crippen molar-refractivity contribution >= 4 is 17.2 Å². The highest BCUT2D eigenvalue weighted by atomic mass is 32.1. The number of carbonyl (C=O) groups excluding carboxylic acids is 1. The number of aliphatic hydroxyl groups excluding tert-OH is 1. The van der Waals surface area contributed by atoms with Gasteiger partial charge in [-0.2, -0.15) is 0 Å². The minimum Gasteiger partial charge on any atom is -0.389 e. The number of methoxy groups -OCH3 is 1. The second-order valence-corrected chi connectivity index (χ2v) is 5.72. The Bertz CT molecular complexity index is 586. The summed E-state index contributed by atoms with van der Waals surface area (Å²) >= 11 is 1.35. The van der Waals surface area contributed by atoms with Gasteiger partial charge >= 0.3 is 0 Å². The number of hydrogen-bond acceptors (Lipinski definition) is 5. The van der Waals surface area contributed by atoms with E-state index in [-0.39, 0.29) is 19.1 Å². The molecule has 1 amide bonds. The molecular formula is C15H18N2O3S. The smallest absolute Gasteiger partial charge is 0.265 e.